The van der Waals surface area contributed by atoms with Gasteiger partial charge in [0.2, 0.25) is 0 Å². The van der Waals surface area contributed by atoms with Crippen molar-refractivity contribution in [3.63, 3.8) is 0 Å². The summed E-state index contributed by atoms with van der Waals surface area (Å²) < 4.78 is 0. The standard InChI is InChI=1S/C6H11NO2.Zn/c7-6(5(8)9)3-1-2-4-6;/h1-4,7H2,(H,8,9);/q;+2. The van der Waals surface area contributed by atoms with Crippen molar-refractivity contribution in [3.8, 4) is 0 Å². The Kier molecular flexibility index (Phi) is 3.46. The molecule has 1 rings (SSSR count). The number of aliphatic carboxylic acids is 1. The molecule has 1 fully saturated rings. The zero-order valence-corrected chi connectivity index (χ0v) is 8.94. The SMILES string of the molecule is NC1(C(=O)O)CCCC1.[Zn+2]. The fourth-order valence-electron chi connectivity index (χ4n) is 1.22. The second kappa shape index (κ2) is 3.45. The molecule has 4 heteroatoms. The van der Waals surface area contributed by atoms with Crippen molar-refractivity contribution >= 4 is 5.97 Å². The molecule has 0 bridgehead atoms. The third-order valence-corrected chi connectivity index (χ3v) is 1.92. The molecule has 0 unspecified atom stereocenters. The van der Waals surface area contributed by atoms with Crippen LogP contribution in [0.3, 0.4) is 0 Å². The molecule has 1 aliphatic carbocycles. The number of hydrogen-bond donors (Lipinski definition) is 2. The van der Waals surface area contributed by atoms with E-state index in [4.69, 9.17) is 10.8 Å². The van der Waals surface area contributed by atoms with Gasteiger partial charge in [0, 0.05) is 0 Å². The Morgan fingerprint density at radius 1 is 1.40 bits per heavy atom. The van der Waals surface area contributed by atoms with Crippen LogP contribution in [0.25, 0.3) is 0 Å². The smallest absolute Gasteiger partial charge is 0.480 e. The Morgan fingerprint density at radius 3 is 2.00 bits per heavy atom. The van der Waals surface area contributed by atoms with E-state index in [1.807, 2.05) is 0 Å². The number of carbonyl (C=O) groups is 1. The Hall–Kier alpha value is 0.0534. The zero-order valence-electron chi connectivity index (χ0n) is 5.97. The summed E-state index contributed by atoms with van der Waals surface area (Å²) in [6.07, 6.45) is 3.20. The van der Waals surface area contributed by atoms with Crippen molar-refractivity contribution in [2.75, 3.05) is 0 Å². The van der Waals surface area contributed by atoms with E-state index >= 15 is 0 Å². The van der Waals surface area contributed by atoms with Crippen LogP contribution < -0.4 is 5.73 Å². The van der Waals surface area contributed by atoms with Gasteiger partial charge in [-0.1, -0.05) is 12.8 Å². The largest absolute Gasteiger partial charge is 2.00 e. The van der Waals surface area contributed by atoms with Crippen LogP contribution in [-0.2, 0) is 24.3 Å². The zero-order chi connectivity index (χ0) is 6.91. The van der Waals surface area contributed by atoms with Crippen molar-refractivity contribution in [2.24, 2.45) is 5.73 Å². The first kappa shape index (κ1) is 10.1. The fraction of sp³-hybridized carbons (Fsp3) is 0.833. The van der Waals surface area contributed by atoms with Crippen LogP contribution in [0.15, 0.2) is 0 Å². The molecule has 52 valence electrons. The van der Waals surface area contributed by atoms with E-state index in [2.05, 4.69) is 0 Å². The van der Waals surface area contributed by atoms with Gasteiger partial charge in [0.05, 0.1) is 0 Å². The number of carboxylic acids is 1. The van der Waals surface area contributed by atoms with E-state index in [1.54, 1.807) is 0 Å². The second-order valence-electron chi connectivity index (χ2n) is 2.67. The summed E-state index contributed by atoms with van der Waals surface area (Å²) in [5, 5.41) is 8.55. The maximum Gasteiger partial charge on any atom is 2.00 e. The molecule has 0 aromatic heterocycles. The minimum Gasteiger partial charge on any atom is -0.480 e. The van der Waals surface area contributed by atoms with Gasteiger partial charge in [0.15, 0.2) is 0 Å². The molecule has 0 aromatic rings. The molecule has 3 N–H and O–H groups in total. The Bertz CT molecular complexity index is 132. The quantitative estimate of drug-likeness (QED) is 0.592. The first-order chi connectivity index (χ1) is 4.15. The monoisotopic (exact) mass is 193 g/mol. The van der Waals surface area contributed by atoms with Crippen LogP contribution >= 0.6 is 0 Å². The summed E-state index contributed by atoms with van der Waals surface area (Å²) in [5.74, 6) is -0.847. The molecule has 0 aliphatic heterocycles. The first-order valence-corrected chi connectivity index (χ1v) is 3.17. The minimum absolute atomic E-state index is 0. The molecule has 0 aromatic carbocycles. The van der Waals surface area contributed by atoms with E-state index in [0.717, 1.165) is 12.8 Å². The van der Waals surface area contributed by atoms with Crippen LogP contribution in [0.5, 0.6) is 0 Å². The summed E-state index contributed by atoms with van der Waals surface area (Å²) in [6, 6.07) is 0. The van der Waals surface area contributed by atoms with Crippen LogP contribution in [-0.4, -0.2) is 16.6 Å². The van der Waals surface area contributed by atoms with E-state index in [0.29, 0.717) is 12.8 Å². The number of nitrogens with two attached hydrogens (primary N) is 1. The number of rotatable bonds is 1. The minimum atomic E-state index is -0.889. The van der Waals surface area contributed by atoms with E-state index in [-0.39, 0.29) is 19.5 Å². The number of carboxylic acid groups (broad SMARTS) is 1. The van der Waals surface area contributed by atoms with Crippen LogP contribution in [0.4, 0.5) is 0 Å². The van der Waals surface area contributed by atoms with Crippen molar-refractivity contribution in [1.29, 1.82) is 0 Å². The molecule has 3 nitrogen and oxygen atoms in total. The van der Waals surface area contributed by atoms with Crippen molar-refractivity contribution in [3.05, 3.63) is 0 Å². The molecular weight excluding hydrogens is 183 g/mol. The average molecular weight is 195 g/mol. The molecule has 0 saturated heterocycles. The molecule has 0 heterocycles. The third-order valence-electron chi connectivity index (χ3n) is 1.92. The molecular formula is C6H11NO2Zn+2. The molecule has 0 radical (unpaired) electrons. The average Bonchev–Trinajstić information content (AvgIpc) is 2.16. The van der Waals surface area contributed by atoms with Gasteiger partial charge in [-0.15, -0.1) is 0 Å². The third kappa shape index (κ3) is 1.77. The molecule has 0 spiro atoms. The molecule has 1 aliphatic rings. The molecule has 1 saturated carbocycles. The summed E-state index contributed by atoms with van der Waals surface area (Å²) in [6.45, 7) is 0. The maximum atomic E-state index is 10.4. The topological polar surface area (TPSA) is 63.3 Å². The van der Waals surface area contributed by atoms with Crippen LogP contribution in [0, 0.1) is 0 Å². The number of hydrogen-bond acceptors (Lipinski definition) is 2. The van der Waals surface area contributed by atoms with Crippen molar-refractivity contribution in [2.45, 2.75) is 31.2 Å². The summed E-state index contributed by atoms with van der Waals surface area (Å²) in [5.41, 5.74) is 4.61. The van der Waals surface area contributed by atoms with Gasteiger partial charge < -0.3 is 10.8 Å². The van der Waals surface area contributed by atoms with Gasteiger partial charge in [0.25, 0.3) is 0 Å². The van der Waals surface area contributed by atoms with Gasteiger partial charge in [-0.05, 0) is 12.8 Å². The Labute approximate surface area is 72.7 Å². The molecule has 10 heavy (non-hydrogen) atoms. The van der Waals surface area contributed by atoms with Gasteiger partial charge in [0.1, 0.15) is 5.54 Å². The summed E-state index contributed by atoms with van der Waals surface area (Å²) in [4.78, 5) is 10.4. The summed E-state index contributed by atoms with van der Waals surface area (Å²) >= 11 is 0. The molecule has 0 amide bonds. The van der Waals surface area contributed by atoms with E-state index in [9.17, 15) is 4.79 Å². The van der Waals surface area contributed by atoms with Gasteiger partial charge in [-0.3, -0.25) is 4.79 Å². The second-order valence-corrected chi connectivity index (χ2v) is 2.67. The van der Waals surface area contributed by atoms with Crippen LogP contribution in [0.1, 0.15) is 25.7 Å². The Balaban J connectivity index is 0.000000810. The van der Waals surface area contributed by atoms with E-state index in [1.165, 1.54) is 0 Å². The predicted octanol–water partition coefficient (Wildman–Crippen LogP) is 0.340. The maximum absolute atomic E-state index is 10.4. The van der Waals surface area contributed by atoms with Gasteiger partial charge >= 0.3 is 25.4 Å². The van der Waals surface area contributed by atoms with Gasteiger partial charge in [-0.2, -0.15) is 0 Å². The normalized spacial score (nSPS) is 21.7. The fourth-order valence-corrected chi connectivity index (χ4v) is 1.22. The molecule has 0 atom stereocenters. The van der Waals surface area contributed by atoms with Crippen LogP contribution in [0.2, 0.25) is 0 Å². The Morgan fingerprint density at radius 2 is 1.80 bits per heavy atom. The van der Waals surface area contributed by atoms with Gasteiger partial charge in [-0.25, -0.2) is 0 Å². The van der Waals surface area contributed by atoms with Crippen molar-refractivity contribution < 1.29 is 29.4 Å². The van der Waals surface area contributed by atoms with E-state index < -0.39 is 11.5 Å². The van der Waals surface area contributed by atoms with Crippen molar-refractivity contribution in [1.82, 2.24) is 0 Å². The predicted molar refractivity (Wildman–Crippen MR) is 33.0 cm³/mol. The first-order valence-electron chi connectivity index (χ1n) is 3.17. The summed E-state index contributed by atoms with van der Waals surface area (Å²) in [7, 11) is 0.